The van der Waals surface area contributed by atoms with Crippen LogP contribution in [0.2, 0.25) is 10.0 Å². The maximum atomic E-state index is 6.47. The second-order valence-corrected chi connectivity index (χ2v) is 6.73. The topological polar surface area (TPSA) is 55.1 Å². The average Bonchev–Trinajstić information content (AvgIpc) is 3.03. The third-order valence-electron chi connectivity index (χ3n) is 4.11. The number of nitrogens with one attached hydrogen (secondary N) is 1. The minimum atomic E-state index is -0.205. The summed E-state index contributed by atoms with van der Waals surface area (Å²) in [5.74, 6) is 1.41. The number of hydrogen-bond donors (Lipinski definition) is 1. The molecule has 7 heteroatoms. The largest absolute Gasteiger partial charge is 0.358 e. The molecular formula is C19H15Cl2N5. The van der Waals surface area contributed by atoms with Crippen LogP contribution in [0.25, 0.3) is 5.65 Å². The number of hydrogen-bond acceptors (Lipinski definition) is 4. The lowest BCUT2D eigenvalue weighted by atomic mass is 9.98. The van der Waals surface area contributed by atoms with Crippen molar-refractivity contribution in [1.29, 1.82) is 0 Å². The van der Waals surface area contributed by atoms with E-state index in [9.17, 15) is 0 Å². The molecule has 26 heavy (non-hydrogen) atoms. The predicted molar refractivity (Wildman–Crippen MR) is 104 cm³/mol. The van der Waals surface area contributed by atoms with Crippen molar-refractivity contribution in [2.45, 2.75) is 13.0 Å². The zero-order valence-corrected chi connectivity index (χ0v) is 15.4. The molecule has 1 N–H and O–H groups in total. The minimum absolute atomic E-state index is 0.205. The lowest BCUT2D eigenvalue weighted by Gasteiger charge is -2.21. The fourth-order valence-corrected chi connectivity index (χ4v) is 3.25. The van der Waals surface area contributed by atoms with Gasteiger partial charge in [0.25, 0.3) is 0 Å². The normalized spacial score (nSPS) is 12.3. The summed E-state index contributed by atoms with van der Waals surface area (Å²) >= 11 is 12.7. The second-order valence-electron chi connectivity index (χ2n) is 5.89. The Hall–Kier alpha value is -2.63. The van der Waals surface area contributed by atoms with Gasteiger partial charge in [-0.1, -0.05) is 53.5 Å². The van der Waals surface area contributed by atoms with Gasteiger partial charge in [0.1, 0.15) is 5.82 Å². The number of anilines is 1. The summed E-state index contributed by atoms with van der Waals surface area (Å²) in [6.07, 6.45) is 0. The van der Waals surface area contributed by atoms with Crippen molar-refractivity contribution in [2.75, 3.05) is 5.32 Å². The third kappa shape index (κ3) is 3.23. The molecule has 5 nitrogen and oxygen atoms in total. The van der Waals surface area contributed by atoms with E-state index in [4.69, 9.17) is 23.2 Å². The Bertz CT molecular complexity index is 1060. The maximum Gasteiger partial charge on any atom is 0.178 e. The van der Waals surface area contributed by atoms with E-state index in [0.29, 0.717) is 21.5 Å². The first-order valence-corrected chi connectivity index (χ1v) is 8.83. The number of halogens is 2. The predicted octanol–water partition coefficient (Wildman–Crippen LogP) is 4.94. The highest BCUT2D eigenvalue weighted by atomic mass is 35.5. The summed E-state index contributed by atoms with van der Waals surface area (Å²) in [5.41, 5.74) is 2.64. The molecule has 130 valence electrons. The highest BCUT2D eigenvalue weighted by molar-refractivity contribution is 6.33. The van der Waals surface area contributed by atoms with Crippen molar-refractivity contribution in [3.8, 4) is 0 Å². The van der Waals surface area contributed by atoms with Gasteiger partial charge in [0.15, 0.2) is 11.5 Å². The van der Waals surface area contributed by atoms with Crippen LogP contribution in [0.3, 0.4) is 0 Å². The smallest absolute Gasteiger partial charge is 0.178 e. The van der Waals surface area contributed by atoms with Crippen LogP contribution in [-0.2, 0) is 0 Å². The number of benzene rings is 2. The quantitative estimate of drug-likeness (QED) is 0.542. The van der Waals surface area contributed by atoms with Gasteiger partial charge in [-0.2, -0.15) is 4.52 Å². The Kier molecular flexibility index (Phi) is 4.49. The first-order valence-electron chi connectivity index (χ1n) is 8.07. The maximum absolute atomic E-state index is 6.47. The number of aromatic nitrogens is 4. The van der Waals surface area contributed by atoms with Gasteiger partial charge < -0.3 is 5.32 Å². The summed E-state index contributed by atoms with van der Waals surface area (Å²) in [7, 11) is 0. The Balaban J connectivity index is 1.79. The Morgan fingerprint density at radius 1 is 0.962 bits per heavy atom. The van der Waals surface area contributed by atoms with Gasteiger partial charge >= 0.3 is 0 Å². The van der Waals surface area contributed by atoms with Crippen molar-refractivity contribution >= 4 is 34.7 Å². The molecule has 0 fully saturated rings. The first kappa shape index (κ1) is 16.8. The molecular weight excluding hydrogens is 369 g/mol. The van der Waals surface area contributed by atoms with Crippen LogP contribution in [0.1, 0.15) is 23.0 Å². The molecule has 0 amide bonds. The second kappa shape index (κ2) is 6.94. The summed E-state index contributed by atoms with van der Waals surface area (Å²) in [6.45, 7) is 1.86. The van der Waals surface area contributed by atoms with Crippen LogP contribution in [-0.4, -0.2) is 19.8 Å². The fourth-order valence-electron chi connectivity index (χ4n) is 2.84. The molecule has 2 heterocycles. The van der Waals surface area contributed by atoms with Gasteiger partial charge in [0, 0.05) is 10.0 Å². The van der Waals surface area contributed by atoms with Gasteiger partial charge in [0.05, 0.1) is 6.04 Å². The summed E-state index contributed by atoms with van der Waals surface area (Å²) < 4.78 is 1.70. The molecule has 0 spiro atoms. The van der Waals surface area contributed by atoms with Crippen molar-refractivity contribution in [3.05, 3.63) is 87.7 Å². The van der Waals surface area contributed by atoms with Crippen LogP contribution in [0.4, 0.5) is 5.82 Å². The molecule has 1 unspecified atom stereocenters. The number of fused-ring (bicyclic) bond motifs is 1. The third-order valence-corrected chi connectivity index (χ3v) is 4.69. The molecule has 0 radical (unpaired) electrons. The van der Waals surface area contributed by atoms with E-state index in [1.54, 1.807) is 16.6 Å². The van der Waals surface area contributed by atoms with Crippen LogP contribution in [0.5, 0.6) is 0 Å². The van der Waals surface area contributed by atoms with Crippen LogP contribution < -0.4 is 5.32 Å². The molecule has 0 bridgehead atoms. The van der Waals surface area contributed by atoms with E-state index in [-0.39, 0.29) is 6.04 Å². The highest BCUT2D eigenvalue weighted by Gasteiger charge is 2.18. The lowest BCUT2D eigenvalue weighted by Crippen LogP contribution is -2.15. The molecule has 0 aliphatic rings. The molecule has 1 atom stereocenters. The SMILES string of the molecule is Cc1nnc2ccc(NC(c3ccccc3)c3cc(Cl)ccc3Cl)nn12. The zero-order valence-electron chi connectivity index (χ0n) is 13.9. The van der Waals surface area contributed by atoms with Crippen molar-refractivity contribution in [2.24, 2.45) is 0 Å². The van der Waals surface area contributed by atoms with E-state index in [2.05, 4.69) is 20.6 Å². The van der Waals surface area contributed by atoms with Gasteiger partial charge in [-0.25, -0.2) is 0 Å². The van der Waals surface area contributed by atoms with Gasteiger partial charge in [-0.05, 0) is 48.4 Å². The van der Waals surface area contributed by atoms with Crippen molar-refractivity contribution in [1.82, 2.24) is 19.8 Å². The van der Waals surface area contributed by atoms with Crippen LogP contribution >= 0.6 is 23.2 Å². The Morgan fingerprint density at radius 2 is 1.77 bits per heavy atom. The van der Waals surface area contributed by atoms with Crippen LogP contribution in [0, 0.1) is 6.92 Å². The van der Waals surface area contributed by atoms with E-state index >= 15 is 0 Å². The summed E-state index contributed by atoms with van der Waals surface area (Å²) in [6, 6.07) is 19.0. The highest BCUT2D eigenvalue weighted by Crippen LogP contribution is 2.33. The van der Waals surface area contributed by atoms with Crippen molar-refractivity contribution in [3.63, 3.8) is 0 Å². The monoisotopic (exact) mass is 383 g/mol. The zero-order chi connectivity index (χ0) is 18.1. The number of aryl methyl sites for hydroxylation is 1. The average molecular weight is 384 g/mol. The van der Waals surface area contributed by atoms with Crippen LogP contribution in [0.15, 0.2) is 60.7 Å². The van der Waals surface area contributed by atoms with E-state index < -0.39 is 0 Å². The molecule has 4 aromatic rings. The Labute approximate surface area is 160 Å². The summed E-state index contributed by atoms with van der Waals surface area (Å²) in [4.78, 5) is 0. The molecule has 4 rings (SSSR count). The molecule has 0 aliphatic carbocycles. The molecule has 0 saturated heterocycles. The van der Waals surface area contributed by atoms with Gasteiger partial charge in [0.2, 0.25) is 0 Å². The minimum Gasteiger partial charge on any atom is -0.358 e. The van der Waals surface area contributed by atoms with Crippen molar-refractivity contribution < 1.29 is 0 Å². The number of rotatable bonds is 4. The van der Waals surface area contributed by atoms with E-state index in [1.165, 1.54) is 0 Å². The van der Waals surface area contributed by atoms with E-state index in [1.807, 2.05) is 55.5 Å². The molecule has 2 aromatic heterocycles. The summed E-state index contributed by atoms with van der Waals surface area (Å²) in [5, 5.41) is 17.4. The molecule has 2 aromatic carbocycles. The van der Waals surface area contributed by atoms with Gasteiger partial charge in [-0.3, -0.25) is 0 Å². The molecule has 0 aliphatic heterocycles. The lowest BCUT2D eigenvalue weighted by molar-refractivity contribution is 0.849. The Morgan fingerprint density at radius 3 is 2.58 bits per heavy atom. The van der Waals surface area contributed by atoms with E-state index in [0.717, 1.165) is 17.0 Å². The fraction of sp³-hybridized carbons (Fsp3) is 0.105. The standard InChI is InChI=1S/C19H15Cl2N5/c1-12-23-24-18-10-9-17(25-26(12)18)22-19(13-5-3-2-4-6-13)15-11-14(20)7-8-16(15)21/h2-11,19H,1H3,(H,22,25). The first-order chi connectivity index (χ1) is 12.6. The number of nitrogens with zero attached hydrogens (tertiary/aromatic N) is 4. The molecule has 0 saturated carbocycles. The van der Waals surface area contributed by atoms with Gasteiger partial charge in [-0.15, -0.1) is 15.3 Å².